The summed E-state index contributed by atoms with van der Waals surface area (Å²) >= 11 is 0. The first-order valence-corrected chi connectivity index (χ1v) is 10.4. The second-order valence-electron chi connectivity index (χ2n) is 8.06. The molecule has 1 aromatic heterocycles. The molecule has 0 saturated carbocycles. The van der Waals surface area contributed by atoms with E-state index in [1.54, 1.807) is 7.11 Å². The highest BCUT2D eigenvalue weighted by molar-refractivity contribution is 5.94. The van der Waals surface area contributed by atoms with Gasteiger partial charge in [-0.15, -0.1) is 0 Å². The Morgan fingerprint density at radius 3 is 2.77 bits per heavy atom. The molecule has 6 heteroatoms. The molecule has 0 aliphatic carbocycles. The number of likely N-dealkylation sites (tertiary alicyclic amines) is 1. The number of carbonyl (C=O) groups is 1. The molecule has 3 aromatic rings. The number of aliphatic hydroxyl groups excluding tert-OH is 1. The van der Waals surface area contributed by atoms with E-state index in [1.807, 2.05) is 36.4 Å². The highest BCUT2D eigenvalue weighted by Crippen LogP contribution is 2.28. The number of piperidine rings is 1. The van der Waals surface area contributed by atoms with E-state index < -0.39 is 0 Å². The van der Waals surface area contributed by atoms with Crippen molar-refractivity contribution in [1.29, 1.82) is 0 Å². The number of aromatic nitrogens is 1. The van der Waals surface area contributed by atoms with Gasteiger partial charge in [0.15, 0.2) is 0 Å². The molecule has 1 saturated heterocycles. The number of carbonyl (C=O) groups excluding carboxylic acids is 1. The molecule has 2 heterocycles. The number of benzene rings is 2. The molecular formula is C24H29N3O3. The number of hydrogen-bond donors (Lipinski definition) is 2. The van der Waals surface area contributed by atoms with Crippen molar-refractivity contribution in [3.63, 3.8) is 0 Å². The van der Waals surface area contributed by atoms with Gasteiger partial charge in [-0.3, -0.25) is 9.69 Å². The Kier molecular flexibility index (Phi) is 6.06. The summed E-state index contributed by atoms with van der Waals surface area (Å²) in [6, 6.07) is 15.3. The third-order valence-corrected chi connectivity index (χ3v) is 6.10. The summed E-state index contributed by atoms with van der Waals surface area (Å²) in [5.74, 6) is 0.833. The first-order chi connectivity index (χ1) is 14.6. The minimum atomic E-state index is -0.0872. The Balaban J connectivity index is 1.50. The second-order valence-corrected chi connectivity index (χ2v) is 8.06. The van der Waals surface area contributed by atoms with Gasteiger partial charge in [0.2, 0.25) is 0 Å². The summed E-state index contributed by atoms with van der Waals surface area (Å²) in [6.07, 6.45) is 3.02. The van der Waals surface area contributed by atoms with Crippen LogP contribution in [-0.2, 0) is 13.6 Å². The van der Waals surface area contributed by atoms with Crippen LogP contribution in [0, 0.1) is 5.92 Å². The Hall–Kier alpha value is -2.83. The predicted molar refractivity (Wildman–Crippen MR) is 118 cm³/mol. The van der Waals surface area contributed by atoms with Crippen molar-refractivity contribution in [1.82, 2.24) is 14.8 Å². The molecule has 1 fully saturated rings. The first-order valence-electron chi connectivity index (χ1n) is 10.4. The summed E-state index contributed by atoms with van der Waals surface area (Å²) in [5.41, 5.74) is 3.06. The van der Waals surface area contributed by atoms with Gasteiger partial charge in [0, 0.05) is 61.4 Å². The molecule has 158 valence electrons. The van der Waals surface area contributed by atoms with Gasteiger partial charge in [-0.2, -0.15) is 0 Å². The number of methoxy groups -OCH3 is 1. The molecule has 2 unspecified atom stereocenters. The van der Waals surface area contributed by atoms with Crippen LogP contribution in [0.2, 0.25) is 0 Å². The fraction of sp³-hybridized carbons (Fsp3) is 0.375. The summed E-state index contributed by atoms with van der Waals surface area (Å²) in [7, 11) is 3.74. The molecule has 0 bridgehead atoms. The lowest BCUT2D eigenvalue weighted by molar-refractivity contribution is 0.0731. The molecule has 2 N–H and O–H groups in total. The molecule has 4 rings (SSSR count). The van der Waals surface area contributed by atoms with Gasteiger partial charge in [0.25, 0.3) is 5.91 Å². The van der Waals surface area contributed by atoms with Gasteiger partial charge in [-0.1, -0.05) is 18.2 Å². The molecule has 2 aromatic carbocycles. The molecule has 30 heavy (non-hydrogen) atoms. The number of hydrogen-bond acceptors (Lipinski definition) is 4. The number of amides is 1. The van der Waals surface area contributed by atoms with Gasteiger partial charge >= 0.3 is 0 Å². The maximum absolute atomic E-state index is 12.7. The van der Waals surface area contributed by atoms with Gasteiger partial charge in [-0.25, -0.2) is 0 Å². The lowest BCUT2D eigenvalue weighted by atomic mass is 9.91. The Labute approximate surface area is 177 Å². The van der Waals surface area contributed by atoms with E-state index in [9.17, 15) is 9.90 Å². The van der Waals surface area contributed by atoms with E-state index in [2.05, 4.69) is 40.2 Å². The summed E-state index contributed by atoms with van der Waals surface area (Å²) in [6.45, 7) is 2.48. The van der Waals surface area contributed by atoms with Crippen molar-refractivity contribution >= 4 is 16.8 Å². The van der Waals surface area contributed by atoms with Gasteiger partial charge in [0.05, 0.1) is 7.11 Å². The standard InChI is InChI=1S/C24H29N3O3/c1-26-13-19(21-12-20(30-2)8-9-23(21)26)14-27-11-10-18(16-28)22(15-27)25-24(29)17-6-4-3-5-7-17/h3-9,12-13,18,22,28H,10-11,14-16H2,1-2H3,(H,25,29). The third-order valence-electron chi connectivity index (χ3n) is 6.10. The normalized spacial score (nSPS) is 19.7. The lowest BCUT2D eigenvalue weighted by Gasteiger charge is -2.38. The van der Waals surface area contributed by atoms with E-state index in [0.717, 1.165) is 25.3 Å². The van der Waals surface area contributed by atoms with Crippen molar-refractivity contribution in [2.24, 2.45) is 13.0 Å². The molecule has 1 aliphatic heterocycles. The smallest absolute Gasteiger partial charge is 0.251 e. The molecule has 6 nitrogen and oxygen atoms in total. The molecule has 1 aliphatic rings. The maximum Gasteiger partial charge on any atom is 0.251 e. The lowest BCUT2D eigenvalue weighted by Crippen LogP contribution is -2.53. The first kappa shape index (κ1) is 20.4. The maximum atomic E-state index is 12.7. The number of ether oxygens (including phenoxy) is 1. The molecule has 1 amide bonds. The van der Waals surface area contributed by atoms with Crippen LogP contribution in [0.25, 0.3) is 10.9 Å². The highest BCUT2D eigenvalue weighted by atomic mass is 16.5. The van der Waals surface area contributed by atoms with Gasteiger partial charge < -0.3 is 19.7 Å². The summed E-state index contributed by atoms with van der Waals surface area (Å²) < 4.78 is 7.55. The Bertz CT molecular complexity index is 1020. The Morgan fingerprint density at radius 2 is 2.03 bits per heavy atom. The van der Waals surface area contributed by atoms with E-state index >= 15 is 0 Å². The average molecular weight is 408 g/mol. The molecular weight excluding hydrogens is 378 g/mol. The third kappa shape index (κ3) is 4.20. The monoisotopic (exact) mass is 407 g/mol. The van der Waals surface area contributed by atoms with Crippen molar-refractivity contribution in [2.45, 2.75) is 19.0 Å². The van der Waals surface area contributed by atoms with Crippen LogP contribution in [0.1, 0.15) is 22.3 Å². The van der Waals surface area contributed by atoms with E-state index in [1.165, 1.54) is 16.5 Å². The van der Waals surface area contributed by atoms with E-state index in [4.69, 9.17) is 4.74 Å². The fourth-order valence-electron chi connectivity index (χ4n) is 4.38. The van der Waals surface area contributed by atoms with Crippen LogP contribution >= 0.6 is 0 Å². The summed E-state index contributed by atoms with van der Waals surface area (Å²) in [4.78, 5) is 15.0. The van der Waals surface area contributed by atoms with Crippen molar-refractivity contribution in [3.05, 3.63) is 65.9 Å². The van der Waals surface area contributed by atoms with Crippen LogP contribution in [0.15, 0.2) is 54.7 Å². The average Bonchev–Trinajstić information content (AvgIpc) is 3.09. The van der Waals surface area contributed by atoms with E-state index in [0.29, 0.717) is 12.1 Å². The number of nitrogens with zero attached hydrogens (tertiary/aromatic N) is 2. The van der Waals surface area contributed by atoms with Crippen LogP contribution in [0.3, 0.4) is 0 Å². The number of fused-ring (bicyclic) bond motifs is 1. The highest BCUT2D eigenvalue weighted by Gasteiger charge is 2.30. The van der Waals surface area contributed by atoms with Crippen molar-refractivity contribution in [3.8, 4) is 5.75 Å². The number of nitrogens with one attached hydrogen (secondary N) is 1. The number of aliphatic hydroxyl groups is 1. The second kappa shape index (κ2) is 8.90. The van der Waals surface area contributed by atoms with Gasteiger partial charge in [-0.05, 0) is 48.9 Å². The zero-order chi connectivity index (χ0) is 21.1. The minimum Gasteiger partial charge on any atom is -0.497 e. The summed E-state index contributed by atoms with van der Waals surface area (Å²) in [5, 5.41) is 14.2. The zero-order valence-corrected chi connectivity index (χ0v) is 17.5. The van der Waals surface area contributed by atoms with Crippen LogP contribution < -0.4 is 10.1 Å². The van der Waals surface area contributed by atoms with Crippen molar-refractivity contribution in [2.75, 3.05) is 26.8 Å². The SMILES string of the molecule is COc1ccc2c(c1)c(CN1CCC(CO)C(NC(=O)c3ccccc3)C1)cn2C. The van der Waals surface area contributed by atoms with Gasteiger partial charge in [0.1, 0.15) is 5.75 Å². The molecule has 0 radical (unpaired) electrons. The minimum absolute atomic E-state index is 0.0709. The predicted octanol–water partition coefficient (Wildman–Crippen LogP) is 2.80. The van der Waals surface area contributed by atoms with Crippen LogP contribution in [0.5, 0.6) is 5.75 Å². The number of rotatable bonds is 6. The van der Waals surface area contributed by atoms with Crippen LogP contribution in [-0.4, -0.2) is 53.3 Å². The van der Waals surface area contributed by atoms with Crippen LogP contribution in [0.4, 0.5) is 0 Å². The molecule has 0 spiro atoms. The Morgan fingerprint density at radius 1 is 1.23 bits per heavy atom. The topological polar surface area (TPSA) is 66.7 Å². The largest absolute Gasteiger partial charge is 0.497 e. The quantitative estimate of drug-likeness (QED) is 0.660. The van der Waals surface area contributed by atoms with Crippen molar-refractivity contribution < 1.29 is 14.6 Å². The fourth-order valence-corrected chi connectivity index (χ4v) is 4.38. The number of aryl methyl sites for hydroxylation is 1. The zero-order valence-electron chi connectivity index (χ0n) is 17.5. The molecule has 2 atom stereocenters. The van der Waals surface area contributed by atoms with E-state index in [-0.39, 0.29) is 24.5 Å².